The van der Waals surface area contributed by atoms with Gasteiger partial charge in [-0.25, -0.2) is 0 Å². The van der Waals surface area contributed by atoms with Gasteiger partial charge in [0.1, 0.15) is 6.04 Å². The number of amides is 1. The molecule has 3 rings (SSSR count). The lowest BCUT2D eigenvalue weighted by Gasteiger charge is -2.20. The minimum atomic E-state index is 0.114. The molecule has 1 aromatic carbocycles. The van der Waals surface area contributed by atoms with Gasteiger partial charge in [0.05, 0.1) is 11.4 Å². The normalized spacial score (nSPS) is 21.0. The molecule has 1 aromatic heterocycles. The molecule has 2 N–H and O–H groups in total. The van der Waals surface area contributed by atoms with Crippen molar-refractivity contribution < 1.29 is 9.69 Å². The van der Waals surface area contributed by atoms with Gasteiger partial charge in [-0.3, -0.25) is 4.79 Å². The number of aryl methyl sites for hydroxylation is 2. The van der Waals surface area contributed by atoms with Gasteiger partial charge in [-0.1, -0.05) is 12.1 Å². The molecule has 1 amide bonds. The molecule has 1 aliphatic rings. The van der Waals surface area contributed by atoms with Gasteiger partial charge in [0.15, 0.2) is 6.54 Å². The summed E-state index contributed by atoms with van der Waals surface area (Å²) in [6.07, 6.45) is 2.39. The highest BCUT2D eigenvalue weighted by molar-refractivity contribution is 7.10. The van der Waals surface area contributed by atoms with Crippen LogP contribution in [0.3, 0.4) is 0 Å². The fraction of sp³-hybridized carbons (Fsp3) is 0.389. The van der Waals surface area contributed by atoms with E-state index in [1.165, 1.54) is 33.7 Å². The lowest BCUT2D eigenvalue weighted by Crippen LogP contribution is -3.11. The van der Waals surface area contributed by atoms with Gasteiger partial charge in [0.2, 0.25) is 0 Å². The van der Waals surface area contributed by atoms with Gasteiger partial charge in [0.25, 0.3) is 5.91 Å². The molecule has 0 spiro atoms. The Kier molecular flexibility index (Phi) is 4.60. The predicted molar refractivity (Wildman–Crippen MR) is 91.5 cm³/mol. The minimum Gasteiger partial charge on any atom is -0.321 e. The molecule has 0 bridgehead atoms. The van der Waals surface area contributed by atoms with Crippen molar-refractivity contribution >= 4 is 22.9 Å². The summed E-state index contributed by atoms with van der Waals surface area (Å²) in [6.45, 7) is 5.75. The van der Waals surface area contributed by atoms with Crippen molar-refractivity contribution in [3.8, 4) is 0 Å². The summed E-state index contributed by atoms with van der Waals surface area (Å²) in [7, 11) is 0. The molecule has 1 aliphatic heterocycles. The highest BCUT2D eigenvalue weighted by Crippen LogP contribution is 2.23. The molecular formula is C18H23N2OS+. The first-order valence-electron chi connectivity index (χ1n) is 7.88. The van der Waals surface area contributed by atoms with Crippen LogP contribution >= 0.6 is 11.3 Å². The molecule has 22 heavy (non-hydrogen) atoms. The quantitative estimate of drug-likeness (QED) is 0.894. The number of nitrogens with one attached hydrogen (secondary N) is 2. The molecule has 116 valence electrons. The largest absolute Gasteiger partial charge is 0.321 e. The first-order chi connectivity index (χ1) is 10.6. The fourth-order valence-electron chi connectivity index (χ4n) is 3.41. The number of quaternary nitrogens is 1. The zero-order valence-corrected chi connectivity index (χ0v) is 14.0. The molecule has 0 saturated carbocycles. The van der Waals surface area contributed by atoms with Crippen LogP contribution in [0.25, 0.3) is 0 Å². The van der Waals surface area contributed by atoms with Gasteiger partial charge in [0, 0.05) is 18.5 Å². The number of benzene rings is 1. The molecule has 2 atom stereocenters. The third kappa shape index (κ3) is 3.57. The zero-order chi connectivity index (χ0) is 15.5. The summed E-state index contributed by atoms with van der Waals surface area (Å²) >= 11 is 1.81. The number of rotatable bonds is 4. The van der Waals surface area contributed by atoms with Gasteiger partial charge in [-0.2, -0.15) is 0 Å². The van der Waals surface area contributed by atoms with Crippen molar-refractivity contribution in [2.45, 2.75) is 32.7 Å². The summed E-state index contributed by atoms with van der Waals surface area (Å²) < 4.78 is 0. The van der Waals surface area contributed by atoms with Crippen molar-refractivity contribution in [2.24, 2.45) is 0 Å². The second-order valence-corrected chi connectivity index (χ2v) is 7.20. The van der Waals surface area contributed by atoms with Gasteiger partial charge < -0.3 is 10.2 Å². The van der Waals surface area contributed by atoms with E-state index in [0.29, 0.717) is 12.6 Å². The van der Waals surface area contributed by atoms with Crippen LogP contribution in [0.5, 0.6) is 0 Å². The van der Waals surface area contributed by atoms with Gasteiger partial charge >= 0.3 is 0 Å². The molecule has 3 nitrogen and oxygen atoms in total. The lowest BCUT2D eigenvalue weighted by molar-refractivity contribution is -0.910. The van der Waals surface area contributed by atoms with Crippen LogP contribution in [-0.2, 0) is 4.79 Å². The first kappa shape index (κ1) is 15.3. The number of thiophene rings is 1. The number of anilines is 1. The summed E-state index contributed by atoms with van der Waals surface area (Å²) in [5.74, 6) is 0.114. The Morgan fingerprint density at radius 1 is 1.32 bits per heavy atom. The summed E-state index contributed by atoms with van der Waals surface area (Å²) in [4.78, 5) is 15.2. The van der Waals surface area contributed by atoms with Crippen LogP contribution in [0.1, 0.15) is 34.9 Å². The van der Waals surface area contributed by atoms with Crippen molar-refractivity contribution in [3.05, 3.63) is 51.7 Å². The molecule has 2 heterocycles. The highest BCUT2D eigenvalue weighted by atomic mass is 32.1. The van der Waals surface area contributed by atoms with E-state index in [1.54, 1.807) is 11.3 Å². The Morgan fingerprint density at radius 3 is 2.77 bits per heavy atom. The van der Waals surface area contributed by atoms with E-state index in [2.05, 4.69) is 42.7 Å². The summed E-state index contributed by atoms with van der Waals surface area (Å²) in [5, 5.41) is 5.19. The predicted octanol–water partition coefficient (Wildman–Crippen LogP) is 2.72. The average Bonchev–Trinajstić information content (AvgIpc) is 3.07. The van der Waals surface area contributed by atoms with E-state index in [0.717, 1.165) is 12.2 Å². The van der Waals surface area contributed by atoms with Crippen molar-refractivity contribution in [1.29, 1.82) is 0 Å². The number of hydrogen-bond donors (Lipinski definition) is 2. The Balaban J connectivity index is 1.63. The maximum atomic E-state index is 12.4. The number of hydrogen-bond acceptors (Lipinski definition) is 2. The number of carbonyl (C=O) groups is 1. The van der Waals surface area contributed by atoms with E-state index >= 15 is 0 Å². The molecule has 0 radical (unpaired) electrons. The minimum absolute atomic E-state index is 0.114. The number of carbonyl (C=O) groups excluding carboxylic acids is 1. The monoisotopic (exact) mass is 315 g/mol. The Labute approximate surface area is 136 Å². The summed E-state index contributed by atoms with van der Waals surface area (Å²) in [5.41, 5.74) is 3.27. The molecule has 0 aliphatic carbocycles. The van der Waals surface area contributed by atoms with Crippen LogP contribution < -0.4 is 10.2 Å². The number of likely N-dealkylation sites (tertiary alicyclic amines) is 1. The Hall–Kier alpha value is -1.65. The van der Waals surface area contributed by atoms with Gasteiger partial charge in [-0.15, -0.1) is 11.3 Å². The van der Waals surface area contributed by atoms with E-state index in [-0.39, 0.29) is 5.91 Å². The van der Waals surface area contributed by atoms with E-state index in [4.69, 9.17) is 0 Å². The molecule has 1 fully saturated rings. The maximum absolute atomic E-state index is 12.4. The van der Waals surface area contributed by atoms with Crippen molar-refractivity contribution in [3.63, 3.8) is 0 Å². The van der Waals surface area contributed by atoms with E-state index in [1.807, 2.05) is 12.1 Å². The van der Waals surface area contributed by atoms with Crippen LogP contribution in [-0.4, -0.2) is 19.0 Å². The third-order valence-electron chi connectivity index (χ3n) is 4.26. The molecule has 1 saturated heterocycles. The smallest absolute Gasteiger partial charge is 0.279 e. The van der Waals surface area contributed by atoms with Crippen LogP contribution in [0.4, 0.5) is 5.69 Å². The zero-order valence-electron chi connectivity index (χ0n) is 13.2. The average molecular weight is 315 g/mol. The molecule has 4 heteroatoms. The SMILES string of the molecule is Cc1cc(C)cc(NC(=O)C[NH+]2CCC[C@@H]2c2cccs2)c1. The topological polar surface area (TPSA) is 33.5 Å². The van der Waals surface area contributed by atoms with Crippen LogP contribution in [0, 0.1) is 13.8 Å². The standard InChI is InChI=1S/C18H22N2OS/c1-13-9-14(2)11-15(10-13)19-18(21)12-20-7-3-5-16(20)17-6-4-8-22-17/h4,6,8-11,16H,3,5,7,12H2,1-2H3,(H,19,21)/p+1/t16-/m1/s1. The van der Waals surface area contributed by atoms with Crippen molar-refractivity contribution in [2.75, 3.05) is 18.4 Å². The lowest BCUT2D eigenvalue weighted by atomic mass is 10.1. The maximum Gasteiger partial charge on any atom is 0.279 e. The van der Waals surface area contributed by atoms with Crippen LogP contribution in [0.2, 0.25) is 0 Å². The molecular weight excluding hydrogens is 292 g/mol. The van der Waals surface area contributed by atoms with Crippen molar-refractivity contribution in [1.82, 2.24) is 0 Å². The van der Waals surface area contributed by atoms with E-state index < -0.39 is 0 Å². The molecule has 2 aromatic rings. The van der Waals surface area contributed by atoms with Crippen LogP contribution in [0.15, 0.2) is 35.7 Å². The third-order valence-corrected chi connectivity index (χ3v) is 5.25. The van der Waals surface area contributed by atoms with E-state index in [9.17, 15) is 4.79 Å². The highest BCUT2D eigenvalue weighted by Gasteiger charge is 2.32. The Bertz CT molecular complexity index is 631. The second-order valence-electron chi connectivity index (χ2n) is 6.22. The Morgan fingerprint density at radius 2 is 2.09 bits per heavy atom. The first-order valence-corrected chi connectivity index (χ1v) is 8.76. The summed E-state index contributed by atoms with van der Waals surface area (Å²) in [6, 6.07) is 11.0. The molecule has 1 unspecified atom stereocenters. The second kappa shape index (κ2) is 6.63. The van der Waals surface area contributed by atoms with Gasteiger partial charge in [-0.05, 0) is 48.6 Å². The fourth-order valence-corrected chi connectivity index (χ4v) is 4.33.